The Hall–Kier alpha value is -1.70. The van der Waals surface area contributed by atoms with Crippen LogP contribution in [0.5, 0.6) is 0 Å². The van der Waals surface area contributed by atoms with Crippen LogP contribution in [0.25, 0.3) is 0 Å². The standard InChI is InChI=1S/C17H26N4O3/c1-13-11-21(5-7-24-13)16-3-2-14(9-19-16)10-20-17(22)8-15-12-23-6-4-18-15/h2-3,9,13,15,18H,4-8,10-12H2,1H3,(H,20,22). The molecule has 7 heteroatoms. The molecule has 0 saturated carbocycles. The molecule has 1 amide bonds. The molecule has 24 heavy (non-hydrogen) atoms. The van der Waals surface area contributed by atoms with Crippen molar-refractivity contribution in [2.75, 3.05) is 44.4 Å². The number of carbonyl (C=O) groups excluding carboxylic acids is 1. The van der Waals surface area contributed by atoms with E-state index in [1.807, 2.05) is 18.3 Å². The predicted octanol–water partition coefficient (Wildman–Crippen LogP) is 0.301. The third-order valence-electron chi connectivity index (χ3n) is 4.29. The topological polar surface area (TPSA) is 75.7 Å². The lowest BCUT2D eigenvalue weighted by Crippen LogP contribution is -2.44. The second-order valence-electron chi connectivity index (χ2n) is 6.36. The molecule has 0 spiro atoms. The number of carbonyl (C=O) groups is 1. The summed E-state index contributed by atoms with van der Waals surface area (Å²) in [7, 11) is 0. The third-order valence-corrected chi connectivity index (χ3v) is 4.29. The summed E-state index contributed by atoms with van der Waals surface area (Å²) in [5.74, 6) is 0.993. The van der Waals surface area contributed by atoms with Gasteiger partial charge in [-0.3, -0.25) is 4.79 Å². The first-order valence-corrected chi connectivity index (χ1v) is 8.60. The lowest BCUT2D eigenvalue weighted by atomic mass is 10.2. The molecular weight excluding hydrogens is 308 g/mol. The van der Waals surface area contributed by atoms with Gasteiger partial charge in [0.15, 0.2) is 0 Å². The van der Waals surface area contributed by atoms with Gasteiger partial charge in [-0.05, 0) is 18.6 Å². The van der Waals surface area contributed by atoms with E-state index in [9.17, 15) is 4.79 Å². The first-order valence-electron chi connectivity index (χ1n) is 8.60. The van der Waals surface area contributed by atoms with Crippen LogP contribution in [0.1, 0.15) is 18.9 Å². The minimum absolute atomic E-state index is 0.0316. The highest BCUT2D eigenvalue weighted by atomic mass is 16.5. The molecule has 132 valence electrons. The number of amides is 1. The molecule has 1 aromatic rings. The number of hydrogen-bond donors (Lipinski definition) is 2. The summed E-state index contributed by atoms with van der Waals surface area (Å²) < 4.78 is 10.9. The smallest absolute Gasteiger partial charge is 0.221 e. The minimum atomic E-state index is 0.0316. The van der Waals surface area contributed by atoms with Crippen molar-refractivity contribution in [1.82, 2.24) is 15.6 Å². The summed E-state index contributed by atoms with van der Waals surface area (Å²) >= 11 is 0. The number of ether oxygens (including phenoxy) is 2. The normalized spacial score (nSPS) is 24.6. The molecule has 2 atom stereocenters. The van der Waals surface area contributed by atoms with Gasteiger partial charge in [0.1, 0.15) is 5.82 Å². The largest absolute Gasteiger partial charge is 0.378 e. The van der Waals surface area contributed by atoms with Crippen LogP contribution in [-0.2, 0) is 20.8 Å². The Morgan fingerprint density at radius 3 is 3.08 bits per heavy atom. The molecule has 0 bridgehead atoms. The van der Waals surface area contributed by atoms with Crippen LogP contribution >= 0.6 is 0 Å². The van der Waals surface area contributed by atoms with Crippen molar-refractivity contribution in [2.24, 2.45) is 0 Å². The van der Waals surface area contributed by atoms with E-state index in [0.29, 0.717) is 19.6 Å². The molecule has 3 rings (SSSR count). The molecule has 2 saturated heterocycles. The predicted molar refractivity (Wildman–Crippen MR) is 90.9 cm³/mol. The lowest BCUT2D eigenvalue weighted by Gasteiger charge is -2.32. The van der Waals surface area contributed by atoms with Crippen LogP contribution < -0.4 is 15.5 Å². The maximum absolute atomic E-state index is 12.0. The molecule has 7 nitrogen and oxygen atoms in total. The van der Waals surface area contributed by atoms with E-state index in [-0.39, 0.29) is 18.1 Å². The third kappa shape index (κ3) is 4.90. The van der Waals surface area contributed by atoms with Crippen molar-refractivity contribution in [3.8, 4) is 0 Å². The van der Waals surface area contributed by atoms with Crippen molar-refractivity contribution in [3.63, 3.8) is 0 Å². The van der Waals surface area contributed by atoms with Crippen LogP contribution in [0, 0.1) is 0 Å². The van der Waals surface area contributed by atoms with Gasteiger partial charge in [-0.2, -0.15) is 0 Å². The molecule has 3 heterocycles. The first kappa shape index (κ1) is 17.1. The zero-order valence-corrected chi connectivity index (χ0v) is 14.2. The average molecular weight is 334 g/mol. The number of nitrogens with one attached hydrogen (secondary N) is 2. The number of aromatic nitrogens is 1. The van der Waals surface area contributed by atoms with E-state index in [4.69, 9.17) is 9.47 Å². The molecule has 0 radical (unpaired) electrons. The van der Waals surface area contributed by atoms with Crippen LogP contribution in [0.4, 0.5) is 5.82 Å². The van der Waals surface area contributed by atoms with Gasteiger partial charge in [0.05, 0.1) is 25.9 Å². The molecule has 2 fully saturated rings. The van der Waals surface area contributed by atoms with Gasteiger partial charge in [-0.1, -0.05) is 6.07 Å². The highest BCUT2D eigenvalue weighted by molar-refractivity contribution is 5.76. The van der Waals surface area contributed by atoms with E-state index in [2.05, 4.69) is 27.4 Å². The van der Waals surface area contributed by atoms with Crippen LogP contribution in [0.3, 0.4) is 0 Å². The molecule has 2 aliphatic heterocycles. The van der Waals surface area contributed by atoms with Gasteiger partial charge < -0.3 is 25.0 Å². The zero-order chi connectivity index (χ0) is 16.8. The van der Waals surface area contributed by atoms with Gasteiger partial charge in [-0.15, -0.1) is 0 Å². The maximum atomic E-state index is 12.0. The molecule has 2 unspecified atom stereocenters. The van der Waals surface area contributed by atoms with Gasteiger partial charge in [0.2, 0.25) is 5.91 Å². The van der Waals surface area contributed by atoms with Crippen LogP contribution in [0.2, 0.25) is 0 Å². The fourth-order valence-electron chi connectivity index (χ4n) is 2.98. The number of nitrogens with zero attached hydrogens (tertiary/aromatic N) is 2. The highest BCUT2D eigenvalue weighted by Gasteiger charge is 2.18. The molecular formula is C17H26N4O3. The Morgan fingerprint density at radius 1 is 1.46 bits per heavy atom. The van der Waals surface area contributed by atoms with Crippen LogP contribution in [0.15, 0.2) is 18.3 Å². The molecule has 2 aliphatic rings. The Bertz CT molecular complexity index is 531. The van der Waals surface area contributed by atoms with E-state index < -0.39 is 0 Å². The second kappa shape index (κ2) is 8.41. The number of morpholine rings is 2. The SMILES string of the molecule is CC1CN(c2ccc(CNC(=O)CC3COCCN3)cn2)CCO1. The molecule has 0 aliphatic carbocycles. The summed E-state index contributed by atoms with van der Waals surface area (Å²) in [4.78, 5) is 18.7. The molecule has 2 N–H and O–H groups in total. The average Bonchev–Trinajstić information content (AvgIpc) is 2.61. The first-order chi connectivity index (χ1) is 11.7. The van der Waals surface area contributed by atoms with Gasteiger partial charge in [-0.25, -0.2) is 4.98 Å². The summed E-state index contributed by atoms with van der Waals surface area (Å²) in [5, 5.41) is 6.23. The Balaban J connectivity index is 1.44. The summed E-state index contributed by atoms with van der Waals surface area (Å²) in [6.45, 7) is 7.16. The fraction of sp³-hybridized carbons (Fsp3) is 0.647. The summed E-state index contributed by atoms with van der Waals surface area (Å²) in [6.07, 6.45) is 2.51. The Morgan fingerprint density at radius 2 is 2.38 bits per heavy atom. The second-order valence-corrected chi connectivity index (χ2v) is 6.36. The van der Waals surface area contributed by atoms with Crippen molar-refractivity contribution in [1.29, 1.82) is 0 Å². The maximum Gasteiger partial charge on any atom is 0.221 e. The van der Waals surface area contributed by atoms with E-state index in [0.717, 1.165) is 44.2 Å². The Kier molecular flexibility index (Phi) is 6.01. The van der Waals surface area contributed by atoms with Crippen molar-refractivity contribution >= 4 is 11.7 Å². The number of hydrogen-bond acceptors (Lipinski definition) is 6. The monoisotopic (exact) mass is 334 g/mol. The van der Waals surface area contributed by atoms with E-state index >= 15 is 0 Å². The van der Waals surface area contributed by atoms with Crippen molar-refractivity contribution in [2.45, 2.75) is 32.0 Å². The lowest BCUT2D eigenvalue weighted by molar-refractivity contribution is -0.122. The van der Waals surface area contributed by atoms with Gasteiger partial charge in [0.25, 0.3) is 0 Å². The van der Waals surface area contributed by atoms with Gasteiger partial charge >= 0.3 is 0 Å². The van der Waals surface area contributed by atoms with Crippen molar-refractivity contribution in [3.05, 3.63) is 23.9 Å². The molecule has 0 aromatic carbocycles. The fourth-order valence-corrected chi connectivity index (χ4v) is 2.98. The number of pyridine rings is 1. The van der Waals surface area contributed by atoms with E-state index in [1.165, 1.54) is 0 Å². The quantitative estimate of drug-likeness (QED) is 0.807. The van der Waals surface area contributed by atoms with E-state index in [1.54, 1.807) is 0 Å². The summed E-state index contributed by atoms with van der Waals surface area (Å²) in [6, 6.07) is 4.14. The number of anilines is 1. The van der Waals surface area contributed by atoms with Gasteiger partial charge in [0, 0.05) is 44.8 Å². The zero-order valence-electron chi connectivity index (χ0n) is 14.2. The highest BCUT2D eigenvalue weighted by Crippen LogP contribution is 2.15. The Labute approximate surface area is 142 Å². The number of rotatable bonds is 5. The van der Waals surface area contributed by atoms with Crippen LogP contribution in [-0.4, -0.2) is 62.5 Å². The molecule has 1 aromatic heterocycles. The van der Waals surface area contributed by atoms with Crippen molar-refractivity contribution < 1.29 is 14.3 Å². The minimum Gasteiger partial charge on any atom is -0.378 e. The summed E-state index contributed by atoms with van der Waals surface area (Å²) in [5.41, 5.74) is 1.00.